The van der Waals surface area contributed by atoms with E-state index in [4.69, 9.17) is 0 Å². The minimum Gasteiger partial charge on any atom is -0.383 e. The van der Waals surface area contributed by atoms with E-state index in [9.17, 15) is 4.39 Å². The minimum atomic E-state index is -0.164. The van der Waals surface area contributed by atoms with Crippen LogP contribution in [0.25, 0.3) is 0 Å². The predicted molar refractivity (Wildman–Crippen MR) is 69.9 cm³/mol. The fourth-order valence-electron chi connectivity index (χ4n) is 1.57. The van der Waals surface area contributed by atoms with Gasteiger partial charge in [0.05, 0.1) is 14.9 Å². The molecule has 1 heterocycles. The highest BCUT2D eigenvalue weighted by atomic mass is 127. The highest BCUT2D eigenvalue weighted by Crippen LogP contribution is 2.31. The molecule has 1 aromatic carbocycles. The lowest BCUT2D eigenvalue weighted by Crippen LogP contribution is -2.27. The molecule has 0 unspecified atom stereocenters. The molecule has 2 nitrogen and oxygen atoms in total. The van der Waals surface area contributed by atoms with Crippen molar-refractivity contribution in [2.24, 2.45) is 5.41 Å². The zero-order chi connectivity index (χ0) is 11.1. The van der Waals surface area contributed by atoms with Gasteiger partial charge in [-0.25, -0.2) is 4.39 Å². The van der Waals surface area contributed by atoms with E-state index in [1.54, 1.807) is 6.07 Å². The second kappa shape index (κ2) is 3.81. The first-order chi connectivity index (χ1) is 6.98. The zero-order valence-corrected chi connectivity index (χ0v) is 11.0. The van der Waals surface area contributed by atoms with Crippen LogP contribution in [0.3, 0.4) is 0 Å². The van der Waals surface area contributed by atoms with Crippen molar-refractivity contribution in [2.45, 2.75) is 13.8 Å². The summed E-state index contributed by atoms with van der Waals surface area (Å²) < 4.78 is 14.0. The quantitative estimate of drug-likeness (QED) is 0.717. The Balaban J connectivity index is 2.36. The second-order valence-corrected chi connectivity index (χ2v) is 5.85. The summed E-state index contributed by atoms with van der Waals surface area (Å²) in [6.07, 6.45) is 0. The molecule has 15 heavy (non-hydrogen) atoms. The topological polar surface area (TPSA) is 24.1 Å². The molecule has 4 heteroatoms. The van der Waals surface area contributed by atoms with Crippen LogP contribution in [0.15, 0.2) is 12.1 Å². The van der Waals surface area contributed by atoms with Gasteiger partial charge in [-0.2, -0.15) is 0 Å². The Kier molecular flexibility index (Phi) is 2.79. The molecule has 0 saturated carbocycles. The molecule has 1 aliphatic rings. The third-order valence-electron chi connectivity index (χ3n) is 2.58. The summed E-state index contributed by atoms with van der Waals surface area (Å²) in [5.74, 6) is -0.164. The van der Waals surface area contributed by atoms with Crippen molar-refractivity contribution < 1.29 is 4.39 Å². The summed E-state index contributed by atoms with van der Waals surface area (Å²) in [4.78, 5) is 0. The van der Waals surface area contributed by atoms with Crippen LogP contribution in [0.5, 0.6) is 0 Å². The summed E-state index contributed by atoms with van der Waals surface area (Å²) in [5.41, 5.74) is 2.03. The van der Waals surface area contributed by atoms with Gasteiger partial charge in [0.15, 0.2) is 0 Å². The maximum atomic E-state index is 13.4. The fraction of sp³-hybridized carbons (Fsp3) is 0.455. The second-order valence-electron chi connectivity index (χ2n) is 4.68. The molecule has 0 amide bonds. The van der Waals surface area contributed by atoms with Crippen LogP contribution < -0.4 is 10.6 Å². The van der Waals surface area contributed by atoms with E-state index in [1.165, 1.54) is 0 Å². The van der Waals surface area contributed by atoms with Gasteiger partial charge in [-0.3, -0.25) is 0 Å². The van der Waals surface area contributed by atoms with Gasteiger partial charge in [0.1, 0.15) is 5.82 Å². The van der Waals surface area contributed by atoms with E-state index in [0.29, 0.717) is 3.57 Å². The van der Waals surface area contributed by atoms with Gasteiger partial charge in [0, 0.05) is 19.2 Å². The normalized spacial score (nSPS) is 18.4. The standard InChI is InChI=1S/C11H14FIN2/c1-11(2)5-14-9-3-7(12)8(13)4-10(9)15-6-11/h3-4,14-15H,5-6H2,1-2H3. The zero-order valence-electron chi connectivity index (χ0n) is 8.82. The van der Waals surface area contributed by atoms with Crippen molar-refractivity contribution >= 4 is 34.0 Å². The number of hydrogen-bond acceptors (Lipinski definition) is 2. The summed E-state index contributed by atoms with van der Waals surface area (Å²) in [6, 6.07) is 3.41. The van der Waals surface area contributed by atoms with Crippen LogP contribution in [0.1, 0.15) is 13.8 Å². The van der Waals surface area contributed by atoms with Crippen molar-refractivity contribution in [3.8, 4) is 0 Å². The number of fused-ring (bicyclic) bond motifs is 1. The Morgan fingerprint density at radius 3 is 2.33 bits per heavy atom. The van der Waals surface area contributed by atoms with Crippen molar-refractivity contribution in [2.75, 3.05) is 23.7 Å². The van der Waals surface area contributed by atoms with Gasteiger partial charge in [-0.05, 0) is 34.1 Å². The molecule has 0 spiro atoms. The molecule has 0 radical (unpaired) electrons. The van der Waals surface area contributed by atoms with Crippen molar-refractivity contribution in [3.05, 3.63) is 21.5 Å². The Morgan fingerprint density at radius 2 is 1.73 bits per heavy atom. The summed E-state index contributed by atoms with van der Waals surface area (Å²) >= 11 is 2.01. The maximum absolute atomic E-state index is 13.4. The molecule has 0 saturated heterocycles. The van der Waals surface area contributed by atoms with E-state index < -0.39 is 0 Å². The SMILES string of the molecule is CC1(C)CNc2cc(F)c(I)cc2NC1. The summed E-state index contributed by atoms with van der Waals surface area (Å²) in [5, 5.41) is 6.63. The molecule has 82 valence electrons. The van der Waals surface area contributed by atoms with E-state index in [-0.39, 0.29) is 11.2 Å². The van der Waals surface area contributed by atoms with E-state index in [1.807, 2.05) is 28.7 Å². The molecular formula is C11H14FIN2. The first-order valence-electron chi connectivity index (χ1n) is 4.95. The molecule has 2 rings (SSSR count). The van der Waals surface area contributed by atoms with Crippen LogP contribution in [0, 0.1) is 14.8 Å². The van der Waals surface area contributed by atoms with Gasteiger partial charge in [-0.15, -0.1) is 0 Å². The fourth-order valence-corrected chi connectivity index (χ4v) is 2.04. The molecule has 0 atom stereocenters. The average Bonchev–Trinajstić information content (AvgIpc) is 2.29. The number of anilines is 2. The van der Waals surface area contributed by atoms with Gasteiger partial charge in [-0.1, -0.05) is 13.8 Å². The molecule has 1 aliphatic heterocycles. The molecule has 0 aromatic heterocycles. The summed E-state index contributed by atoms with van der Waals surface area (Å²) in [6.45, 7) is 6.11. The molecule has 2 N–H and O–H groups in total. The lowest BCUT2D eigenvalue weighted by molar-refractivity contribution is 0.423. The van der Waals surface area contributed by atoms with Gasteiger partial charge < -0.3 is 10.6 Å². The van der Waals surface area contributed by atoms with E-state index in [2.05, 4.69) is 24.5 Å². The first kappa shape index (κ1) is 11.0. The number of nitrogens with one attached hydrogen (secondary N) is 2. The monoisotopic (exact) mass is 320 g/mol. The van der Waals surface area contributed by atoms with E-state index in [0.717, 1.165) is 24.5 Å². The largest absolute Gasteiger partial charge is 0.383 e. The smallest absolute Gasteiger partial charge is 0.138 e. The lowest BCUT2D eigenvalue weighted by Gasteiger charge is -2.21. The van der Waals surface area contributed by atoms with Crippen molar-refractivity contribution in [1.82, 2.24) is 0 Å². The Morgan fingerprint density at radius 1 is 1.20 bits per heavy atom. The average molecular weight is 320 g/mol. The number of halogens is 2. The van der Waals surface area contributed by atoms with Crippen LogP contribution >= 0.6 is 22.6 Å². The van der Waals surface area contributed by atoms with Crippen LogP contribution in [0.2, 0.25) is 0 Å². The third kappa shape index (κ3) is 2.35. The Bertz CT molecular complexity index is 355. The molecule has 1 aromatic rings. The van der Waals surface area contributed by atoms with Gasteiger partial charge in [0.2, 0.25) is 0 Å². The highest BCUT2D eigenvalue weighted by Gasteiger charge is 2.22. The molecule has 0 aliphatic carbocycles. The first-order valence-corrected chi connectivity index (χ1v) is 6.03. The van der Waals surface area contributed by atoms with E-state index >= 15 is 0 Å². The van der Waals surface area contributed by atoms with Crippen LogP contribution in [-0.2, 0) is 0 Å². The van der Waals surface area contributed by atoms with Crippen LogP contribution in [0.4, 0.5) is 15.8 Å². The molecular weight excluding hydrogens is 306 g/mol. The number of benzene rings is 1. The molecule has 0 bridgehead atoms. The number of rotatable bonds is 0. The molecule has 0 fully saturated rings. The van der Waals surface area contributed by atoms with Crippen LogP contribution in [-0.4, -0.2) is 13.1 Å². The van der Waals surface area contributed by atoms with Crippen molar-refractivity contribution in [1.29, 1.82) is 0 Å². The Labute approximate surface area is 103 Å². The summed E-state index contributed by atoms with van der Waals surface area (Å²) in [7, 11) is 0. The van der Waals surface area contributed by atoms with Gasteiger partial charge >= 0.3 is 0 Å². The highest BCUT2D eigenvalue weighted by molar-refractivity contribution is 14.1. The third-order valence-corrected chi connectivity index (χ3v) is 3.40. The minimum absolute atomic E-state index is 0.164. The van der Waals surface area contributed by atoms with Crippen molar-refractivity contribution in [3.63, 3.8) is 0 Å². The van der Waals surface area contributed by atoms with Gasteiger partial charge in [0.25, 0.3) is 0 Å². The lowest BCUT2D eigenvalue weighted by atomic mass is 9.94. The number of hydrogen-bond donors (Lipinski definition) is 2. The predicted octanol–water partition coefficient (Wildman–Crippen LogP) is 3.29. The Hall–Kier alpha value is -0.520. The maximum Gasteiger partial charge on any atom is 0.138 e.